The fourth-order valence-corrected chi connectivity index (χ4v) is 2.45. The van der Waals surface area contributed by atoms with Gasteiger partial charge in [0.2, 0.25) is 0 Å². The third kappa shape index (κ3) is 2.26. The van der Waals surface area contributed by atoms with Crippen LogP contribution in [0, 0.1) is 5.82 Å². The van der Waals surface area contributed by atoms with Crippen LogP contribution in [0.25, 0.3) is 0 Å². The predicted molar refractivity (Wildman–Crippen MR) is 70.5 cm³/mol. The van der Waals surface area contributed by atoms with Crippen molar-refractivity contribution in [3.63, 3.8) is 0 Å². The highest BCUT2D eigenvalue weighted by molar-refractivity contribution is 5.39. The summed E-state index contributed by atoms with van der Waals surface area (Å²) in [4.78, 5) is 0. The zero-order valence-corrected chi connectivity index (χ0v) is 10.4. The molecule has 1 unspecified atom stereocenters. The van der Waals surface area contributed by atoms with Gasteiger partial charge in [-0.2, -0.15) is 0 Å². The van der Waals surface area contributed by atoms with Crippen LogP contribution in [0.2, 0.25) is 0 Å². The fraction of sp³-hybridized carbons (Fsp3) is 0.200. The Balaban J connectivity index is 2.01. The van der Waals surface area contributed by atoms with Gasteiger partial charge < -0.3 is 4.74 Å². The smallest absolute Gasteiger partial charge is 0.128 e. The van der Waals surface area contributed by atoms with Crippen molar-refractivity contribution in [2.24, 2.45) is 5.84 Å². The van der Waals surface area contributed by atoms with Gasteiger partial charge in [0.25, 0.3) is 0 Å². The van der Waals surface area contributed by atoms with Gasteiger partial charge in [-0.05, 0) is 22.8 Å². The van der Waals surface area contributed by atoms with Crippen LogP contribution >= 0.6 is 0 Å². The molecule has 2 aromatic carbocycles. The molecule has 0 radical (unpaired) electrons. The van der Waals surface area contributed by atoms with Crippen molar-refractivity contribution >= 4 is 0 Å². The summed E-state index contributed by atoms with van der Waals surface area (Å²) in [5, 5.41) is 0. The van der Waals surface area contributed by atoms with Crippen LogP contribution in [0.15, 0.2) is 42.5 Å². The van der Waals surface area contributed by atoms with Crippen molar-refractivity contribution in [2.75, 3.05) is 0 Å². The van der Waals surface area contributed by atoms with Crippen molar-refractivity contribution < 1.29 is 9.13 Å². The largest absolute Gasteiger partial charge is 0.372 e. The Morgan fingerprint density at radius 3 is 2.68 bits per heavy atom. The summed E-state index contributed by atoms with van der Waals surface area (Å²) in [5.74, 6) is 5.34. The molecule has 2 aromatic rings. The molecule has 0 saturated carbocycles. The Hall–Kier alpha value is -1.75. The lowest BCUT2D eigenvalue weighted by molar-refractivity contribution is 0.134. The van der Waals surface area contributed by atoms with E-state index in [4.69, 9.17) is 10.6 Å². The lowest BCUT2D eigenvalue weighted by atomic mass is 9.96. The van der Waals surface area contributed by atoms with E-state index in [1.165, 1.54) is 11.6 Å². The number of nitrogens with two attached hydrogens (primary N) is 1. The lowest BCUT2D eigenvalue weighted by Gasteiger charge is -2.18. The highest BCUT2D eigenvalue weighted by Gasteiger charge is 2.19. The second-order valence-corrected chi connectivity index (χ2v) is 4.64. The summed E-state index contributed by atoms with van der Waals surface area (Å²) < 4.78 is 19.3. The molecule has 1 aliphatic rings. The van der Waals surface area contributed by atoms with E-state index < -0.39 is 0 Å². The van der Waals surface area contributed by atoms with Crippen LogP contribution in [0.4, 0.5) is 4.39 Å². The topological polar surface area (TPSA) is 47.3 Å². The Morgan fingerprint density at radius 2 is 1.89 bits per heavy atom. The minimum atomic E-state index is -0.355. The molecule has 3 N–H and O–H groups in total. The SMILES string of the molecule is NNC(c1ccc2c(c1)COC2)c1ccccc1F. The van der Waals surface area contributed by atoms with Gasteiger partial charge in [-0.15, -0.1) is 0 Å². The molecule has 3 nitrogen and oxygen atoms in total. The average molecular weight is 258 g/mol. The highest BCUT2D eigenvalue weighted by Crippen LogP contribution is 2.28. The monoisotopic (exact) mass is 258 g/mol. The number of nitrogens with one attached hydrogen (secondary N) is 1. The van der Waals surface area contributed by atoms with Crippen molar-refractivity contribution in [1.29, 1.82) is 0 Å². The molecule has 98 valence electrons. The summed E-state index contributed by atoms with van der Waals surface area (Å²) in [5.41, 5.74) is 6.51. The van der Waals surface area contributed by atoms with E-state index in [1.807, 2.05) is 18.2 Å². The first kappa shape index (κ1) is 12.3. The number of ether oxygens (including phenoxy) is 1. The zero-order valence-electron chi connectivity index (χ0n) is 10.4. The number of fused-ring (bicyclic) bond motifs is 1. The first-order chi connectivity index (χ1) is 9.29. The molecule has 3 rings (SSSR count). The third-order valence-electron chi connectivity index (χ3n) is 3.46. The molecule has 0 aliphatic carbocycles. The van der Waals surface area contributed by atoms with Gasteiger partial charge in [0, 0.05) is 5.56 Å². The zero-order chi connectivity index (χ0) is 13.2. The van der Waals surface area contributed by atoms with Crippen LogP contribution in [0.5, 0.6) is 0 Å². The van der Waals surface area contributed by atoms with Gasteiger partial charge >= 0.3 is 0 Å². The molecule has 0 amide bonds. The summed E-state index contributed by atoms with van der Waals surface area (Å²) in [6.07, 6.45) is 0. The molecule has 4 heteroatoms. The predicted octanol–water partition coefficient (Wildman–Crippen LogP) is 2.41. The molecule has 0 saturated heterocycles. The Labute approximate surface area is 111 Å². The minimum absolute atomic E-state index is 0.262. The number of hydrogen-bond donors (Lipinski definition) is 2. The molecule has 1 heterocycles. The van der Waals surface area contributed by atoms with E-state index >= 15 is 0 Å². The molecule has 19 heavy (non-hydrogen) atoms. The van der Waals surface area contributed by atoms with Gasteiger partial charge in [0.05, 0.1) is 19.3 Å². The molecule has 1 aliphatic heterocycles. The summed E-state index contributed by atoms with van der Waals surface area (Å²) in [7, 11) is 0. The van der Waals surface area contributed by atoms with E-state index in [2.05, 4.69) is 5.43 Å². The molecule has 1 atom stereocenters. The Morgan fingerprint density at radius 1 is 1.11 bits per heavy atom. The van der Waals surface area contributed by atoms with Crippen LogP contribution in [-0.2, 0) is 18.0 Å². The standard InChI is InChI=1S/C15H15FN2O/c16-14-4-2-1-3-13(14)15(18-17)10-5-6-11-8-19-9-12(11)7-10/h1-7,15,18H,8-9,17H2. The van der Waals surface area contributed by atoms with Gasteiger partial charge in [0.15, 0.2) is 0 Å². The Kier molecular flexibility index (Phi) is 3.29. The first-order valence-electron chi connectivity index (χ1n) is 6.19. The number of hydrazine groups is 1. The highest BCUT2D eigenvalue weighted by atomic mass is 19.1. The van der Waals surface area contributed by atoms with Gasteiger partial charge in [0.1, 0.15) is 5.82 Å². The van der Waals surface area contributed by atoms with E-state index in [1.54, 1.807) is 18.2 Å². The average Bonchev–Trinajstić information content (AvgIpc) is 2.89. The molecular weight excluding hydrogens is 243 g/mol. The van der Waals surface area contributed by atoms with E-state index in [0.717, 1.165) is 11.1 Å². The van der Waals surface area contributed by atoms with Crippen LogP contribution in [0.3, 0.4) is 0 Å². The van der Waals surface area contributed by atoms with E-state index in [9.17, 15) is 4.39 Å². The normalized spacial score (nSPS) is 15.3. The molecule has 0 aromatic heterocycles. The summed E-state index contributed by atoms with van der Waals surface area (Å²) in [6.45, 7) is 1.26. The van der Waals surface area contributed by atoms with Crippen molar-refractivity contribution in [3.8, 4) is 0 Å². The van der Waals surface area contributed by atoms with Gasteiger partial charge in [-0.3, -0.25) is 5.84 Å². The van der Waals surface area contributed by atoms with Gasteiger partial charge in [-0.25, -0.2) is 9.82 Å². The maximum absolute atomic E-state index is 13.9. The van der Waals surface area contributed by atoms with Crippen LogP contribution in [0.1, 0.15) is 28.3 Å². The first-order valence-corrected chi connectivity index (χ1v) is 6.19. The third-order valence-corrected chi connectivity index (χ3v) is 3.46. The second kappa shape index (κ2) is 5.09. The van der Waals surface area contributed by atoms with E-state index in [0.29, 0.717) is 18.8 Å². The minimum Gasteiger partial charge on any atom is -0.372 e. The number of benzene rings is 2. The fourth-order valence-electron chi connectivity index (χ4n) is 2.45. The van der Waals surface area contributed by atoms with Crippen molar-refractivity contribution in [2.45, 2.75) is 19.3 Å². The number of rotatable bonds is 3. The maximum atomic E-state index is 13.9. The molecular formula is C15H15FN2O. The van der Waals surface area contributed by atoms with Gasteiger partial charge in [-0.1, -0.05) is 36.4 Å². The molecule has 0 fully saturated rings. The van der Waals surface area contributed by atoms with Crippen molar-refractivity contribution in [1.82, 2.24) is 5.43 Å². The summed E-state index contributed by atoms with van der Waals surface area (Å²) in [6, 6.07) is 12.3. The maximum Gasteiger partial charge on any atom is 0.128 e. The summed E-state index contributed by atoms with van der Waals surface area (Å²) >= 11 is 0. The Bertz CT molecular complexity index is 600. The van der Waals surface area contributed by atoms with Crippen LogP contribution in [-0.4, -0.2) is 0 Å². The molecule has 0 bridgehead atoms. The number of hydrogen-bond acceptors (Lipinski definition) is 3. The second-order valence-electron chi connectivity index (χ2n) is 4.64. The molecule has 0 spiro atoms. The van der Waals surface area contributed by atoms with Crippen molar-refractivity contribution in [3.05, 3.63) is 70.5 Å². The lowest BCUT2D eigenvalue weighted by Crippen LogP contribution is -2.29. The van der Waals surface area contributed by atoms with Crippen LogP contribution < -0.4 is 11.3 Å². The number of halogens is 1. The van der Waals surface area contributed by atoms with E-state index in [-0.39, 0.29) is 11.9 Å². The quantitative estimate of drug-likeness (QED) is 0.656.